The quantitative estimate of drug-likeness (QED) is 0.819. The van der Waals surface area contributed by atoms with Crippen LogP contribution in [0.4, 0.5) is 0 Å². The van der Waals surface area contributed by atoms with Crippen LogP contribution in [0.25, 0.3) is 0 Å². The number of rotatable bonds is 7. The van der Waals surface area contributed by atoms with Gasteiger partial charge < -0.3 is 10.0 Å². The van der Waals surface area contributed by atoms with Gasteiger partial charge in [-0.15, -0.1) is 0 Å². The maximum atomic E-state index is 12.9. The number of carboxylic acid groups (broad SMARTS) is 1. The Bertz CT molecular complexity index is 541. The summed E-state index contributed by atoms with van der Waals surface area (Å²) in [5, 5.41) is 8.93. The highest BCUT2D eigenvalue weighted by molar-refractivity contribution is 5.77. The number of likely N-dealkylation sites (tertiary alicyclic amines) is 1. The summed E-state index contributed by atoms with van der Waals surface area (Å²) in [5.74, 6) is -0.00989. The highest BCUT2D eigenvalue weighted by atomic mass is 16.4. The van der Waals surface area contributed by atoms with Crippen molar-refractivity contribution in [1.29, 1.82) is 0 Å². The van der Waals surface area contributed by atoms with E-state index in [1.54, 1.807) is 0 Å². The van der Waals surface area contributed by atoms with Crippen molar-refractivity contribution in [3.8, 4) is 0 Å². The molecule has 0 saturated carbocycles. The van der Waals surface area contributed by atoms with Gasteiger partial charge >= 0.3 is 5.97 Å². The second kappa shape index (κ2) is 8.86. The van der Waals surface area contributed by atoms with E-state index < -0.39 is 5.97 Å². The van der Waals surface area contributed by atoms with Crippen LogP contribution in [0.1, 0.15) is 63.9 Å². The van der Waals surface area contributed by atoms with Crippen LogP contribution >= 0.6 is 0 Å². The number of amides is 1. The van der Waals surface area contributed by atoms with E-state index in [0.29, 0.717) is 18.8 Å². The van der Waals surface area contributed by atoms with E-state index >= 15 is 0 Å². The smallest absolute Gasteiger partial charge is 0.303 e. The topological polar surface area (TPSA) is 57.6 Å². The second-order valence-electron chi connectivity index (χ2n) is 7.13. The van der Waals surface area contributed by atoms with Crippen LogP contribution in [0.15, 0.2) is 30.3 Å². The number of benzene rings is 1. The molecule has 1 N–H and O–H groups in total. The van der Waals surface area contributed by atoms with E-state index in [1.165, 1.54) is 5.56 Å². The summed E-state index contributed by atoms with van der Waals surface area (Å²) in [4.78, 5) is 25.7. The fraction of sp³-hybridized carbons (Fsp3) is 0.600. The molecular weight excluding hydrogens is 302 g/mol. The van der Waals surface area contributed by atoms with Crippen LogP contribution in [0, 0.1) is 5.92 Å². The van der Waals surface area contributed by atoms with E-state index in [2.05, 4.69) is 26.0 Å². The standard InChI is InChI=1S/C20H29NO3/c1-15(2)18(16-8-4-3-5-9-16)14-19(22)21-13-7-6-10-17(21)11-12-20(23)24/h3-5,8-9,15,17-18H,6-7,10-14H2,1-2H3,(H,23,24). The number of nitrogens with zero attached hydrogens (tertiary/aromatic N) is 1. The van der Waals surface area contributed by atoms with Crippen molar-refractivity contribution in [2.24, 2.45) is 5.92 Å². The van der Waals surface area contributed by atoms with Crippen molar-refractivity contribution in [2.75, 3.05) is 6.54 Å². The first kappa shape index (κ1) is 18.5. The first-order valence-electron chi connectivity index (χ1n) is 9.05. The van der Waals surface area contributed by atoms with Crippen molar-refractivity contribution in [1.82, 2.24) is 4.90 Å². The summed E-state index contributed by atoms with van der Waals surface area (Å²) in [5.41, 5.74) is 1.21. The predicted molar refractivity (Wildman–Crippen MR) is 94.9 cm³/mol. The number of aliphatic carboxylic acids is 1. The molecule has 1 aromatic carbocycles. The maximum absolute atomic E-state index is 12.9. The molecule has 0 radical (unpaired) electrons. The Hall–Kier alpha value is -1.84. The lowest BCUT2D eigenvalue weighted by Gasteiger charge is -2.37. The summed E-state index contributed by atoms with van der Waals surface area (Å²) >= 11 is 0. The number of hydrogen-bond donors (Lipinski definition) is 1. The third-order valence-corrected chi connectivity index (χ3v) is 5.07. The van der Waals surface area contributed by atoms with Crippen LogP contribution < -0.4 is 0 Å². The average molecular weight is 331 g/mol. The third kappa shape index (κ3) is 5.08. The van der Waals surface area contributed by atoms with Crippen molar-refractivity contribution in [3.63, 3.8) is 0 Å². The SMILES string of the molecule is CC(C)C(CC(=O)N1CCCCC1CCC(=O)O)c1ccccc1. The minimum atomic E-state index is -0.780. The number of piperidine rings is 1. The number of carbonyl (C=O) groups is 2. The van der Waals surface area contributed by atoms with Gasteiger partial charge in [-0.2, -0.15) is 0 Å². The van der Waals surface area contributed by atoms with Crippen molar-refractivity contribution in [2.45, 2.75) is 64.3 Å². The molecule has 4 heteroatoms. The van der Waals surface area contributed by atoms with Gasteiger partial charge in [-0.1, -0.05) is 44.2 Å². The molecule has 2 atom stereocenters. The molecular formula is C20H29NO3. The van der Waals surface area contributed by atoms with E-state index in [0.717, 1.165) is 25.8 Å². The normalized spacial score (nSPS) is 19.3. The van der Waals surface area contributed by atoms with Gasteiger partial charge in [0.05, 0.1) is 0 Å². The summed E-state index contributed by atoms with van der Waals surface area (Å²) in [7, 11) is 0. The van der Waals surface area contributed by atoms with Crippen molar-refractivity contribution >= 4 is 11.9 Å². The molecule has 1 fully saturated rings. The summed E-state index contributed by atoms with van der Waals surface area (Å²) < 4.78 is 0. The lowest BCUT2D eigenvalue weighted by atomic mass is 9.85. The molecule has 0 spiro atoms. The Balaban J connectivity index is 2.05. The molecule has 1 aromatic rings. The average Bonchev–Trinajstić information content (AvgIpc) is 2.58. The summed E-state index contributed by atoms with van der Waals surface area (Å²) in [6.07, 6.45) is 4.24. The minimum Gasteiger partial charge on any atom is -0.481 e. The Morgan fingerprint density at radius 1 is 1.21 bits per heavy atom. The van der Waals surface area contributed by atoms with Crippen LogP contribution in [-0.4, -0.2) is 34.5 Å². The highest BCUT2D eigenvalue weighted by Crippen LogP contribution is 2.30. The number of carboxylic acids is 1. The van der Waals surface area contributed by atoms with Gasteiger partial charge in [-0.25, -0.2) is 0 Å². The van der Waals surface area contributed by atoms with E-state index in [1.807, 2.05) is 23.1 Å². The van der Waals surface area contributed by atoms with Gasteiger partial charge in [-0.05, 0) is 43.1 Å². The Kier molecular flexibility index (Phi) is 6.83. The van der Waals surface area contributed by atoms with Gasteiger partial charge in [0.25, 0.3) is 0 Å². The molecule has 1 saturated heterocycles. The molecule has 0 aliphatic carbocycles. The molecule has 0 bridgehead atoms. The first-order valence-corrected chi connectivity index (χ1v) is 9.05. The number of hydrogen-bond acceptors (Lipinski definition) is 2. The highest BCUT2D eigenvalue weighted by Gasteiger charge is 2.29. The van der Waals surface area contributed by atoms with Gasteiger partial charge in [0.2, 0.25) is 5.91 Å². The molecule has 1 amide bonds. The van der Waals surface area contributed by atoms with Crippen molar-refractivity contribution < 1.29 is 14.7 Å². The third-order valence-electron chi connectivity index (χ3n) is 5.07. The second-order valence-corrected chi connectivity index (χ2v) is 7.13. The zero-order valence-electron chi connectivity index (χ0n) is 14.8. The van der Waals surface area contributed by atoms with E-state index in [4.69, 9.17) is 5.11 Å². The molecule has 2 unspecified atom stereocenters. The van der Waals surface area contributed by atoms with Crippen LogP contribution in [-0.2, 0) is 9.59 Å². The number of carbonyl (C=O) groups excluding carboxylic acids is 1. The Morgan fingerprint density at radius 3 is 2.54 bits per heavy atom. The first-order chi connectivity index (χ1) is 11.5. The Morgan fingerprint density at radius 2 is 1.92 bits per heavy atom. The Labute approximate surface area is 144 Å². The summed E-state index contributed by atoms with van der Waals surface area (Å²) in [6.45, 7) is 5.08. The predicted octanol–water partition coefficient (Wildman–Crippen LogP) is 4.06. The van der Waals surface area contributed by atoms with E-state index in [-0.39, 0.29) is 24.3 Å². The van der Waals surface area contributed by atoms with Crippen molar-refractivity contribution in [3.05, 3.63) is 35.9 Å². The molecule has 2 rings (SSSR count). The summed E-state index contributed by atoms with van der Waals surface area (Å²) in [6, 6.07) is 10.3. The maximum Gasteiger partial charge on any atom is 0.303 e. The van der Waals surface area contributed by atoms with Crippen LogP contribution in [0.2, 0.25) is 0 Å². The van der Waals surface area contributed by atoms with Gasteiger partial charge in [0.15, 0.2) is 0 Å². The fourth-order valence-corrected chi connectivity index (χ4v) is 3.66. The molecule has 4 nitrogen and oxygen atoms in total. The van der Waals surface area contributed by atoms with Gasteiger partial charge in [0, 0.05) is 25.4 Å². The van der Waals surface area contributed by atoms with Gasteiger partial charge in [-0.3, -0.25) is 9.59 Å². The zero-order chi connectivity index (χ0) is 17.5. The zero-order valence-corrected chi connectivity index (χ0v) is 14.8. The molecule has 1 heterocycles. The largest absolute Gasteiger partial charge is 0.481 e. The molecule has 132 valence electrons. The monoisotopic (exact) mass is 331 g/mol. The fourth-order valence-electron chi connectivity index (χ4n) is 3.66. The van der Waals surface area contributed by atoms with Crippen LogP contribution in [0.3, 0.4) is 0 Å². The lowest BCUT2D eigenvalue weighted by molar-refractivity contribution is -0.140. The van der Waals surface area contributed by atoms with Gasteiger partial charge in [0.1, 0.15) is 0 Å². The lowest BCUT2D eigenvalue weighted by Crippen LogP contribution is -2.44. The molecule has 1 aliphatic heterocycles. The molecule has 24 heavy (non-hydrogen) atoms. The molecule has 0 aromatic heterocycles. The molecule has 1 aliphatic rings. The van der Waals surface area contributed by atoms with E-state index in [9.17, 15) is 9.59 Å². The van der Waals surface area contributed by atoms with Crippen LogP contribution in [0.5, 0.6) is 0 Å². The minimum absolute atomic E-state index is 0.0888.